The Morgan fingerprint density at radius 3 is 2.30 bits per heavy atom. The van der Waals surface area contributed by atoms with Crippen molar-refractivity contribution in [3.8, 4) is 0 Å². The van der Waals surface area contributed by atoms with Crippen LogP contribution in [-0.4, -0.2) is 13.3 Å². The van der Waals surface area contributed by atoms with E-state index in [0.29, 0.717) is 16.3 Å². The average Bonchev–Trinajstić information content (AvgIpc) is 2.67. The Kier molecular flexibility index (Phi) is 5.43. The molecule has 27 heavy (non-hydrogen) atoms. The normalized spacial score (nSPS) is 11.1. The van der Waals surface area contributed by atoms with E-state index in [-0.39, 0.29) is 17.1 Å². The van der Waals surface area contributed by atoms with Gasteiger partial charge in [0.2, 0.25) is 0 Å². The van der Waals surface area contributed by atoms with Crippen molar-refractivity contribution < 1.29 is 13.3 Å². The number of hydrogen-bond donors (Lipinski definition) is 0. The summed E-state index contributed by atoms with van der Waals surface area (Å²) in [7, 11) is -3.90. The van der Waals surface area contributed by atoms with Crippen LogP contribution in [0.1, 0.15) is 5.56 Å². The molecule has 0 spiro atoms. The fourth-order valence-corrected chi connectivity index (χ4v) is 4.25. The molecule has 0 aliphatic rings. The van der Waals surface area contributed by atoms with Gasteiger partial charge in [0.25, 0.3) is 15.7 Å². The molecule has 0 unspecified atom stereocenters. The Morgan fingerprint density at radius 2 is 1.63 bits per heavy atom. The molecule has 3 rings (SSSR count). The molecule has 0 radical (unpaired) electrons. The van der Waals surface area contributed by atoms with Gasteiger partial charge in [0, 0.05) is 17.2 Å². The molecular formula is C19H15ClN2O4S. The van der Waals surface area contributed by atoms with Crippen LogP contribution in [-0.2, 0) is 16.6 Å². The summed E-state index contributed by atoms with van der Waals surface area (Å²) in [5, 5.41) is 11.4. The van der Waals surface area contributed by atoms with E-state index in [1.165, 1.54) is 34.6 Å². The molecule has 0 saturated heterocycles. The molecule has 0 amide bonds. The van der Waals surface area contributed by atoms with Crippen molar-refractivity contribution in [3.63, 3.8) is 0 Å². The summed E-state index contributed by atoms with van der Waals surface area (Å²) in [5.74, 6) is 0. The van der Waals surface area contributed by atoms with E-state index >= 15 is 0 Å². The van der Waals surface area contributed by atoms with Crippen molar-refractivity contribution in [2.75, 3.05) is 4.31 Å². The summed E-state index contributed by atoms with van der Waals surface area (Å²) in [6.45, 7) is -0.0702. The molecule has 0 heterocycles. The van der Waals surface area contributed by atoms with Gasteiger partial charge in [-0.1, -0.05) is 48.0 Å². The summed E-state index contributed by atoms with van der Waals surface area (Å²) in [5.41, 5.74) is 0.761. The standard InChI is InChI=1S/C19H15ClN2O4S/c20-16-7-5-8-17(13-16)21(27(25,26)19-10-2-1-3-11-19)14-15-6-4-9-18(12-15)22(23)24/h1-13H,14H2. The molecular weight excluding hydrogens is 388 g/mol. The lowest BCUT2D eigenvalue weighted by Crippen LogP contribution is -2.30. The van der Waals surface area contributed by atoms with Gasteiger partial charge in [0.1, 0.15) is 0 Å². The van der Waals surface area contributed by atoms with Gasteiger partial charge >= 0.3 is 0 Å². The Bertz CT molecular complexity index is 1070. The second-order valence-electron chi connectivity index (χ2n) is 5.73. The lowest BCUT2D eigenvalue weighted by Gasteiger charge is -2.25. The molecule has 0 atom stereocenters. The maximum absolute atomic E-state index is 13.2. The van der Waals surface area contributed by atoms with Crippen LogP contribution in [0.5, 0.6) is 0 Å². The van der Waals surface area contributed by atoms with E-state index in [1.807, 2.05) is 0 Å². The first-order valence-electron chi connectivity index (χ1n) is 7.94. The van der Waals surface area contributed by atoms with E-state index in [9.17, 15) is 18.5 Å². The largest absolute Gasteiger partial charge is 0.269 e. The number of non-ortho nitro benzene ring substituents is 1. The number of hydrogen-bond acceptors (Lipinski definition) is 4. The first-order chi connectivity index (χ1) is 12.9. The number of sulfonamides is 1. The van der Waals surface area contributed by atoms with Crippen molar-refractivity contribution in [1.29, 1.82) is 0 Å². The number of anilines is 1. The third kappa shape index (κ3) is 4.27. The molecule has 0 fully saturated rings. The van der Waals surface area contributed by atoms with Gasteiger partial charge in [-0.2, -0.15) is 0 Å². The predicted octanol–water partition coefficient (Wildman–Crippen LogP) is 4.64. The van der Waals surface area contributed by atoms with E-state index in [1.54, 1.807) is 48.5 Å². The van der Waals surface area contributed by atoms with Gasteiger partial charge in [-0.15, -0.1) is 0 Å². The first kappa shape index (κ1) is 18.9. The maximum Gasteiger partial charge on any atom is 0.269 e. The lowest BCUT2D eigenvalue weighted by molar-refractivity contribution is -0.384. The predicted molar refractivity (Wildman–Crippen MR) is 104 cm³/mol. The Hall–Kier alpha value is -2.90. The monoisotopic (exact) mass is 402 g/mol. The van der Waals surface area contributed by atoms with Crippen LogP contribution in [0.3, 0.4) is 0 Å². The third-order valence-electron chi connectivity index (χ3n) is 3.87. The van der Waals surface area contributed by atoms with Gasteiger partial charge < -0.3 is 0 Å². The third-order valence-corrected chi connectivity index (χ3v) is 5.90. The minimum absolute atomic E-state index is 0.0702. The highest BCUT2D eigenvalue weighted by Crippen LogP contribution is 2.28. The Morgan fingerprint density at radius 1 is 0.926 bits per heavy atom. The Balaban J connectivity index is 2.09. The maximum atomic E-state index is 13.2. The smallest absolute Gasteiger partial charge is 0.262 e. The highest BCUT2D eigenvalue weighted by Gasteiger charge is 2.25. The number of benzene rings is 3. The summed E-state index contributed by atoms with van der Waals surface area (Å²) in [6, 6.07) is 20.4. The minimum Gasteiger partial charge on any atom is -0.262 e. The lowest BCUT2D eigenvalue weighted by atomic mass is 10.2. The van der Waals surface area contributed by atoms with Gasteiger partial charge in [-0.05, 0) is 35.9 Å². The minimum atomic E-state index is -3.90. The zero-order valence-corrected chi connectivity index (χ0v) is 15.6. The van der Waals surface area contributed by atoms with Gasteiger partial charge in [-0.3, -0.25) is 14.4 Å². The van der Waals surface area contributed by atoms with Crippen LogP contribution in [0.15, 0.2) is 83.8 Å². The highest BCUT2D eigenvalue weighted by atomic mass is 35.5. The van der Waals surface area contributed by atoms with Crippen LogP contribution in [0.2, 0.25) is 5.02 Å². The average molecular weight is 403 g/mol. The number of nitrogens with zero attached hydrogens (tertiary/aromatic N) is 2. The molecule has 8 heteroatoms. The first-order valence-corrected chi connectivity index (χ1v) is 9.76. The molecule has 3 aromatic carbocycles. The fourth-order valence-electron chi connectivity index (χ4n) is 2.60. The fraction of sp³-hybridized carbons (Fsp3) is 0.0526. The van der Waals surface area contributed by atoms with E-state index in [2.05, 4.69) is 0 Å². The second kappa shape index (κ2) is 7.77. The van der Waals surface area contributed by atoms with Crippen molar-refractivity contribution in [2.45, 2.75) is 11.4 Å². The van der Waals surface area contributed by atoms with Crippen LogP contribution in [0.25, 0.3) is 0 Å². The molecule has 0 aliphatic heterocycles. The molecule has 6 nitrogen and oxygen atoms in total. The van der Waals surface area contributed by atoms with Gasteiger partial charge in [0.15, 0.2) is 0 Å². The Labute approximate surface area is 161 Å². The summed E-state index contributed by atoms with van der Waals surface area (Å²) in [6.07, 6.45) is 0. The molecule has 0 saturated carbocycles. The van der Waals surface area contributed by atoms with Crippen molar-refractivity contribution in [2.24, 2.45) is 0 Å². The van der Waals surface area contributed by atoms with Crippen LogP contribution >= 0.6 is 11.6 Å². The zero-order valence-electron chi connectivity index (χ0n) is 14.0. The zero-order chi connectivity index (χ0) is 19.4. The number of nitro benzene ring substituents is 1. The molecule has 138 valence electrons. The highest BCUT2D eigenvalue weighted by molar-refractivity contribution is 7.92. The number of halogens is 1. The molecule has 0 aromatic heterocycles. The summed E-state index contributed by atoms with van der Waals surface area (Å²) in [4.78, 5) is 10.6. The van der Waals surface area contributed by atoms with Crippen molar-refractivity contribution in [1.82, 2.24) is 0 Å². The number of rotatable bonds is 6. The number of nitro groups is 1. The van der Waals surface area contributed by atoms with Crippen LogP contribution in [0, 0.1) is 10.1 Å². The molecule has 0 N–H and O–H groups in total. The quantitative estimate of drug-likeness (QED) is 0.444. The van der Waals surface area contributed by atoms with Crippen molar-refractivity contribution in [3.05, 3.63) is 99.6 Å². The van der Waals surface area contributed by atoms with E-state index < -0.39 is 14.9 Å². The second-order valence-corrected chi connectivity index (χ2v) is 8.03. The van der Waals surface area contributed by atoms with E-state index in [0.717, 1.165) is 0 Å². The summed E-state index contributed by atoms with van der Waals surface area (Å²) < 4.78 is 27.6. The summed E-state index contributed by atoms with van der Waals surface area (Å²) >= 11 is 6.04. The molecule has 0 bridgehead atoms. The van der Waals surface area contributed by atoms with E-state index in [4.69, 9.17) is 11.6 Å². The molecule has 0 aliphatic carbocycles. The van der Waals surface area contributed by atoms with Gasteiger partial charge in [-0.25, -0.2) is 8.42 Å². The van der Waals surface area contributed by atoms with Crippen LogP contribution in [0.4, 0.5) is 11.4 Å². The SMILES string of the molecule is O=[N+]([O-])c1cccc(CN(c2cccc(Cl)c2)S(=O)(=O)c2ccccc2)c1. The van der Waals surface area contributed by atoms with Crippen molar-refractivity contribution >= 4 is 33.0 Å². The molecule has 3 aromatic rings. The van der Waals surface area contributed by atoms with Crippen LogP contribution < -0.4 is 4.31 Å². The van der Waals surface area contributed by atoms with Gasteiger partial charge in [0.05, 0.1) is 22.1 Å². The topological polar surface area (TPSA) is 80.5 Å².